The van der Waals surface area contributed by atoms with Crippen LogP contribution in [0.1, 0.15) is 30.5 Å². The summed E-state index contributed by atoms with van der Waals surface area (Å²) in [5, 5.41) is 0. The molecule has 100 valence electrons. The lowest BCUT2D eigenvalue weighted by Gasteiger charge is -2.48. The molecule has 2 atom stereocenters. The fourth-order valence-electron chi connectivity index (χ4n) is 3.89. The molecule has 1 nitrogen and oxygen atoms in total. The van der Waals surface area contributed by atoms with Crippen LogP contribution < -0.4 is 0 Å². The molecule has 1 aromatic rings. The molecule has 0 amide bonds. The molecule has 0 spiro atoms. The van der Waals surface area contributed by atoms with Crippen molar-refractivity contribution in [2.24, 2.45) is 0 Å². The number of hydrogen-bond acceptors (Lipinski definition) is 0. The molecule has 2 rings (SSSR count). The van der Waals surface area contributed by atoms with E-state index in [-0.39, 0.29) is 0 Å². The van der Waals surface area contributed by atoms with Crippen molar-refractivity contribution < 1.29 is 4.48 Å². The van der Waals surface area contributed by atoms with Gasteiger partial charge in [0.15, 0.2) is 0 Å². The molecule has 0 aliphatic carbocycles. The maximum absolute atomic E-state index is 2.50. The number of benzene rings is 1. The number of hydrogen-bond donors (Lipinski definition) is 0. The summed E-state index contributed by atoms with van der Waals surface area (Å²) in [6.07, 6.45) is 3.92. The molecule has 0 bridgehead atoms. The van der Waals surface area contributed by atoms with E-state index in [0.29, 0.717) is 6.04 Å². The Labute approximate surface area is 113 Å². The van der Waals surface area contributed by atoms with Gasteiger partial charge in [-0.2, -0.15) is 0 Å². The van der Waals surface area contributed by atoms with Gasteiger partial charge in [0.25, 0.3) is 0 Å². The maximum Gasteiger partial charge on any atom is 0.114 e. The highest BCUT2D eigenvalue weighted by molar-refractivity contribution is 6.76. The van der Waals surface area contributed by atoms with Crippen LogP contribution in [0.4, 0.5) is 0 Å². The predicted octanol–water partition coefficient (Wildman–Crippen LogP) is 4.02. The maximum atomic E-state index is 2.50. The van der Waals surface area contributed by atoms with Gasteiger partial charge in [-0.25, -0.2) is 0 Å². The van der Waals surface area contributed by atoms with E-state index in [1.165, 1.54) is 30.0 Å². The lowest BCUT2D eigenvalue weighted by molar-refractivity contribution is -0.932. The molecular formula is C16H28NSi+. The molecule has 0 saturated heterocycles. The Balaban J connectivity index is 2.36. The van der Waals surface area contributed by atoms with Crippen LogP contribution in [-0.2, 0) is 6.42 Å². The Kier molecular flexibility index (Phi) is 3.70. The monoisotopic (exact) mass is 262 g/mol. The molecular weight excluding hydrogens is 234 g/mol. The molecule has 0 fully saturated rings. The van der Waals surface area contributed by atoms with Crippen LogP contribution in [0, 0.1) is 0 Å². The molecule has 2 unspecified atom stereocenters. The molecule has 0 aromatic heterocycles. The van der Waals surface area contributed by atoms with Crippen LogP contribution in [0.3, 0.4) is 0 Å². The van der Waals surface area contributed by atoms with Gasteiger partial charge in [-0.1, -0.05) is 50.8 Å². The van der Waals surface area contributed by atoms with Crippen molar-refractivity contribution in [2.45, 2.75) is 45.4 Å². The van der Waals surface area contributed by atoms with E-state index in [9.17, 15) is 0 Å². The van der Waals surface area contributed by atoms with Crippen LogP contribution in [-0.4, -0.2) is 32.3 Å². The van der Waals surface area contributed by atoms with Crippen LogP contribution in [0.25, 0.3) is 0 Å². The van der Waals surface area contributed by atoms with Gasteiger partial charge in [0, 0.05) is 18.4 Å². The summed E-state index contributed by atoms with van der Waals surface area (Å²) in [5.74, 6) is 0. The number of likely N-dealkylation sites (N-methyl/N-ethyl adjacent to an activating group) is 1. The first-order chi connectivity index (χ1) is 8.36. The Hall–Kier alpha value is -0.603. The Morgan fingerprint density at radius 3 is 2.50 bits per heavy atom. The van der Waals surface area contributed by atoms with E-state index in [4.69, 9.17) is 0 Å². The largest absolute Gasteiger partial charge is 0.323 e. The lowest BCUT2D eigenvalue weighted by atomic mass is 9.90. The van der Waals surface area contributed by atoms with Crippen molar-refractivity contribution in [1.82, 2.24) is 0 Å². The molecule has 18 heavy (non-hydrogen) atoms. The molecule has 1 heterocycles. The van der Waals surface area contributed by atoms with E-state index in [1.807, 2.05) is 0 Å². The minimum absolute atomic E-state index is 0.710. The quantitative estimate of drug-likeness (QED) is 0.570. The van der Waals surface area contributed by atoms with Crippen LogP contribution in [0.15, 0.2) is 24.3 Å². The fourth-order valence-corrected chi connectivity index (χ4v) is 6.43. The van der Waals surface area contributed by atoms with Gasteiger partial charge in [-0.15, -0.1) is 0 Å². The van der Waals surface area contributed by atoms with Gasteiger partial charge in [0.1, 0.15) is 14.1 Å². The Morgan fingerprint density at radius 1 is 1.22 bits per heavy atom. The zero-order valence-electron chi connectivity index (χ0n) is 12.7. The van der Waals surface area contributed by atoms with E-state index in [1.54, 1.807) is 11.1 Å². The van der Waals surface area contributed by atoms with Gasteiger partial charge in [0.05, 0.1) is 19.8 Å². The average Bonchev–Trinajstić information content (AvgIpc) is 2.26. The third kappa shape index (κ3) is 2.70. The minimum atomic E-state index is -1.02. The molecule has 1 aliphatic rings. The Bertz CT molecular complexity index is 421. The Morgan fingerprint density at radius 2 is 1.89 bits per heavy atom. The summed E-state index contributed by atoms with van der Waals surface area (Å²) in [6, 6.07) is 9.81. The minimum Gasteiger partial charge on any atom is -0.323 e. The molecule has 0 N–H and O–H groups in total. The van der Waals surface area contributed by atoms with E-state index in [2.05, 4.69) is 57.9 Å². The zero-order chi connectivity index (χ0) is 13.4. The smallest absolute Gasteiger partial charge is 0.114 e. The second-order valence-electron chi connectivity index (χ2n) is 7.29. The van der Waals surface area contributed by atoms with Crippen LogP contribution in [0.2, 0.25) is 19.6 Å². The molecule has 1 aromatic carbocycles. The molecule has 0 radical (unpaired) electrons. The first-order valence-corrected chi connectivity index (χ1v) is 11.0. The van der Waals surface area contributed by atoms with Gasteiger partial charge in [-0.05, 0) is 5.56 Å². The number of quaternary nitrogens is 1. The number of fused-ring (bicyclic) bond motifs is 1. The van der Waals surface area contributed by atoms with Crippen LogP contribution >= 0.6 is 0 Å². The highest BCUT2D eigenvalue weighted by Gasteiger charge is 2.40. The molecule has 1 aliphatic heterocycles. The van der Waals surface area contributed by atoms with E-state index < -0.39 is 8.07 Å². The SMILES string of the molecule is CCC1c2ccccc2CC[N+]1(C)C[Si](C)(C)C. The van der Waals surface area contributed by atoms with Crippen molar-refractivity contribution in [3.63, 3.8) is 0 Å². The topological polar surface area (TPSA) is 0 Å². The number of rotatable bonds is 3. The summed E-state index contributed by atoms with van der Waals surface area (Å²) in [7, 11) is 1.46. The third-order valence-corrected chi connectivity index (χ3v) is 5.95. The van der Waals surface area contributed by atoms with Crippen molar-refractivity contribution in [1.29, 1.82) is 0 Å². The summed E-state index contributed by atoms with van der Waals surface area (Å²) in [6.45, 7) is 11.2. The first-order valence-electron chi connectivity index (χ1n) is 7.28. The second-order valence-corrected chi connectivity index (χ2v) is 12.7. The van der Waals surface area contributed by atoms with Crippen molar-refractivity contribution in [2.75, 3.05) is 19.8 Å². The standard InChI is InChI=1S/C16H28NSi/c1-6-16-15-10-8-7-9-14(15)11-12-17(16,2)13-18(3,4)5/h7-10,16H,6,11-13H2,1-5H3/q+1. The fraction of sp³-hybridized carbons (Fsp3) is 0.625. The summed E-state index contributed by atoms with van der Waals surface area (Å²) >= 11 is 0. The lowest BCUT2D eigenvalue weighted by Crippen LogP contribution is -2.57. The second kappa shape index (κ2) is 4.82. The van der Waals surface area contributed by atoms with Crippen LogP contribution in [0.5, 0.6) is 0 Å². The average molecular weight is 262 g/mol. The summed E-state index contributed by atoms with van der Waals surface area (Å²) < 4.78 is 1.27. The van der Waals surface area contributed by atoms with Gasteiger partial charge < -0.3 is 4.48 Å². The first kappa shape index (κ1) is 13.8. The normalized spacial score (nSPS) is 27.9. The molecule has 0 saturated carbocycles. The number of nitrogens with zero attached hydrogens (tertiary/aromatic N) is 1. The van der Waals surface area contributed by atoms with E-state index in [0.717, 1.165) is 0 Å². The van der Waals surface area contributed by atoms with E-state index >= 15 is 0 Å². The molecule has 2 heteroatoms. The van der Waals surface area contributed by atoms with Crippen molar-refractivity contribution in [3.8, 4) is 0 Å². The zero-order valence-corrected chi connectivity index (χ0v) is 13.7. The van der Waals surface area contributed by atoms with Crippen molar-refractivity contribution >= 4 is 8.07 Å². The highest BCUT2D eigenvalue weighted by Crippen LogP contribution is 2.37. The third-order valence-electron chi connectivity index (χ3n) is 4.28. The highest BCUT2D eigenvalue weighted by atomic mass is 28.3. The predicted molar refractivity (Wildman–Crippen MR) is 82.4 cm³/mol. The van der Waals surface area contributed by atoms with Gasteiger partial charge in [0.2, 0.25) is 0 Å². The summed E-state index contributed by atoms with van der Waals surface area (Å²) in [4.78, 5) is 0. The van der Waals surface area contributed by atoms with Gasteiger partial charge in [-0.3, -0.25) is 0 Å². The summed E-state index contributed by atoms with van der Waals surface area (Å²) in [5.41, 5.74) is 3.21. The van der Waals surface area contributed by atoms with Gasteiger partial charge >= 0.3 is 0 Å². The van der Waals surface area contributed by atoms with Crippen molar-refractivity contribution in [3.05, 3.63) is 35.4 Å².